The van der Waals surface area contributed by atoms with E-state index in [1.165, 1.54) is 0 Å². The number of hydrogen-bond acceptors (Lipinski definition) is 4. The van der Waals surface area contributed by atoms with Gasteiger partial charge in [0.25, 0.3) is 5.91 Å². The number of furan rings is 1. The van der Waals surface area contributed by atoms with Crippen molar-refractivity contribution in [1.82, 2.24) is 4.98 Å². The average Bonchev–Trinajstić information content (AvgIpc) is 2.92. The molecule has 1 amide bonds. The highest BCUT2D eigenvalue weighted by Crippen LogP contribution is 2.24. The Morgan fingerprint density at radius 2 is 2.10 bits per heavy atom. The zero-order valence-corrected chi connectivity index (χ0v) is 10.8. The summed E-state index contributed by atoms with van der Waals surface area (Å²) in [5, 5.41) is 2.75. The third-order valence-corrected chi connectivity index (χ3v) is 2.87. The number of pyridine rings is 1. The van der Waals surface area contributed by atoms with Gasteiger partial charge in [-0.25, -0.2) is 0 Å². The van der Waals surface area contributed by atoms with Gasteiger partial charge in [-0.15, -0.1) is 0 Å². The highest BCUT2D eigenvalue weighted by atomic mass is 16.5. The summed E-state index contributed by atoms with van der Waals surface area (Å²) in [4.78, 5) is 16.3. The van der Waals surface area contributed by atoms with Gasteiger partial charge < -0.3 is 14.5 Å². The maximum absolute atomic E-state index is 12.2. The summed E-state index contributed by atoms with van der Waals surface area (Å²) < 4.78 is 10.6. The molecule has 0 aliphatic rings. The first-order valence-electron chi connectivity index (χ1n) is 6.07. The molecular weight excluding hydrogens is 256 g/mol. The van der Waals surface area contributed by atoms with Crippen LogP contribution < -0.4 is 10.1 Å². The minimum absolute atomic E-state index is 0.213. The van der Waals surface area contributed by atoms with Crippen molar-refractivity contribution in [3.05, 3.63) is 54.4 Å². The van der Waals surface area contributed by atoms with Gasteiger partial charge >= 0.3 is 0 Å². The molecule has 0 radical (unpaired) electrons. The largest absolute Gasteiger partial charge is 0.495 e. The molecule has 3 rings (SSSR count). The van der Waals surface area contributed by atoms with Crippen LogP contribution in [0.3, 0.4) is 0 Å². The van der Waals surface area contributed by atoms with Crippen LogP contribution >= 0.6 is 0 Å². The van der Waals surface area contributed by atoms with Gasteiger partial charge in [-0.3, -0.25) is 9.78 Å². The first-order valence-corrected chi connectivity index (χ1v) is 6.07. The van der Waals surface area contributed by atoms with Crippen molar-refractivity contribution in [2.75, 3.05) is 12.4 Å². The Bertz CT molecular complexity index is 731. The first kappa shape index (κ1) is 12.2. The van der Waals surface area contributed by atoms with Gasteiger partial charge in [-0.05, 0) is 24.3 Å². The fourth-order valence-electron chi connectivity index (χ4n) is 1.91. The second kappa shape index (κ2) is 5.05. The van der Waals surface area contributed by atoms with Gasteiger partial charge in [-0.2, -0.15) is 0 Å². The lowest BCUT2D eigenvalue weighted by Crippen LogP contribution is -2.11. The Balaban J connectivity index is 1.89. The number of amides is 1. The molecule has 2 heterocycles. The number of benzene rings is 1. The lowest BCUT2D eigenvalue weighted by Gasteiger charge is -2.08. The fraction of sp³-hybridized carbons (Fsp3) is 0.0667. The van der Waals surface area contributed by atoms with Crippen molar-refractivity contribution >= 4 is 22.7 Å². The van der Waals surface area contributed by atoms with Gasteiger partial charge in [0.2, 0.25) is 0 Å². The molecule has 2 aromatic heterocycles. The molecule has 3 aromatic rings. The highest BCUT2D eigenvalue weighted by molar-refractivity contribution is 6.04. The van der Waals surface area contributed by atoms with E-state index >= 15 is 0 Å². The molecule has 5 nitrogen and oxygen atoms in total. The number of rotatable bonds is 3. The van der Waals surface area contributed by atoms with Crippen molar-refractivity contribution in [3.8, 4) is 5.75 Å². The van der Waals surface area contributed by atoms with E-state index in [4.69, 9.17) is 9.15 Å². The molecule has 0 saturated heterocycles. The second-order valence-corrected chi connectivity index (χ2v) is 4.15. The predicted octanol–water partition coefficient (Wildman–Crippen LogP) is 3.09. The number of carbonyl (C=O) groups is 1. The van der Waals surface area contributed by atoms with Crippen LogP contribution in [0.5, 0.6) is 5.75 Å². The van der Waals surface area contributed by atoms with Crippen molar-refractivity contribution in [1.29, 1.82) is 0 Å². The summed E-state index contributed by atoms with van der Waals surface area (Å²) in [6, 6.07) is 12.3. The molecule has 100 valence electrons. The zero-order valence-electron chi connectivity index (χ0n) is 10.8. The van der Waals surface area contributed by atoms with E-state index in [-0.39, 0.29) is 11.7 Å². The fourth-order valence-corrected chi connectivity index (χ4v) is 1.91. The molecule has 0 atom stereocenters. The topological polar surface area (TPSA) is 64.4 Å². The Morgan fingerprint density at radius 1 is 1.25 bits per heavy atom. The molecule has 20 heavy (non-hydrogen) atoms. The summed E-state index contributed by atoms with van der Waals surface area (Å²) in [5.41, 5.74) is 1.82. The van der Waals surface area contributed by atoms with Crippen LogP contribution in [0.25, 0.3) is 11.1 Å². The normalized spacial score (nSPS) is 10.4. The smallest absolute Gasteiger partial charge is 0.291 e. The van der Waals surface area contributed by atoms with Gasteiger partial charge in [0.15, 0.2) is 11.3 Å². The number of ether oxygens (including phenoxy) is 1. The number of fused-ring (bicyclic) bond motifs is 1. The van der Waals surface area contributed by atoms with Gasteiger partial charge in [0.1, 0.15) is 11.3 Å². The maximum Gasteiger partial charge on any atom is 0.291 e. The van der Waals surface area contributed by atoms with Crippen molar-refractivity contribution in [3.63, 3.8) is 0 Å². The van der Waals surface area contributed by atoms with Crippen molar-refractivity contribution in [2.45, 2.75) is 0 Å². The molecule has 1 aromatic carbocycles. The van der Waals surface area contributed by atoms with Gasteiger partial charge in [-0.1, -0.05) is 12.1 Å². The maximum atomic E-state index is 12.2. The first-order chi connectivity index (χ1) is 9.78. The number of nitrogens with zero attached hydrogens (tertiary/aromatic N) is 1. The number of methoxy groups -OCH3 is 1. The van der Waals surface area contributed by atoms with Crippen LogP contribution in [0.2, 0.25) is 0 Å². The van der Waals surface area contributed by atoms with Crippen LogP contribution in [0, 0.1) is 0 Å². The minimum atomic E-state index is -0.340. The number of para-hydroxylation sites is 2. The summed E-state index contributed by atoms with van der Waals surface area (Å²) in [6.07, 6.45) is 1.65. The number of hydrogen-bond donors (Lipinski definition) is 1. The molecule has 5 heteroatoms. The average molecular weight is 268 g/mol. The zero-order chi connectivity index (χ0) is 13.9. The number of aromatic nitrogens is 1. The van der Waals surface area contributed by atoms with Gasteiger partial charge in [0, 0.05) is 12.3 Å². The third-order valence-electron chi connectivity index (χ3n) is 2.87. The Kier molecular flexibility index (Phi) is 3.09. The van der Waals surface area contributed by atoms with Crippen LogP contribution in [-0.4, -0.2) is 18.0 Å². The van der Waals surface area contributed by atoms with E-state index < -0.39 is 0 Å². The van der Waals surface area contributed by atoms with E-state index in [2.05, 4.69) is 10.3 Å². The standard InChI is InChI=1S/C15H12N2O3/c1-19-12-6-3-2-5-10(12)17-15(18)14-9-11-13(20-14)7-4-8-16-11/h2-9H,1H3,(H,17,18). The Labute approximate surface area is 115 Å². The number of nitrogens with one attached hydrogen (secondary N) is 1. The van der Waals surface area contributed by atoms with Crippen LogP contribution in [0.1, 0.15) is 10.6 Å². The van der Waals surface area contributed by atoms with Crippen LogP contribution in [0.4, 0.5) is 5.69 Å². The van der Waals surface area contributed by atoms with E-state index in [0.717, 1.165) is 0 Å². The van der Waals surface area contributed by atoms with Gasteiger partial charge in [0.05, 0.1) is 12.8 Å². The SMILES string of the molecule is COc1ccccc1NC(=O)c1cc2ncccc2o1. The van der Waals surface area contributed by atoms with E-state index in [1.807, 2.05) is 12.1 Å². The van der Waals surface area contributed by atoms with Crippen LogP contribution in [0.15, 0.2) is 53.1 Å². The monoisotopic (exact) mass is 268 g/mol. The summed E-state index contributed by atoms with van der Waals surface area (Å²) in [5.74, 6) is 0.465. The lowest BCUT2D eigenvalue weighted by molar-refractivity contribution is 0.0998. The molecule has 1 N–H and O–H groups in total. The Hall–Kier alpha value is -2.82. The molecule has 0 spiro atoms. The highest BCUT2D eigenvalue weighted by Gasteiger charge is 2.14. The number of anilines is 1. The van der Waals surface area contributed by atoms with Crippen LogP contribution in [-0.2, 0) is 0 Å². The molecular formula is C15H12N2O3. The summed E-state index contributed by atoms with van der Waals surface area (Å²) in [6.45, 7) is 0. The molecule has 0 bridgehead atoms. The second-order valence-electron chi connectivity index (χ2n) is 4.15. The molecule has 0 aliphatic carbocycles. The quantitative estimate of drug-likeness (QED) is 0.792. The van der Waals surface area contributed by atoms with E-state index in [0.29, 0.717) is 22.5 Å². The molecule has 0 fully saturated rings. The molecule has 0 unspecified atom stereocenters. The van der Waals surface area contributed by atoms with E-state index in [1.54, 1.807) is 43.6 Å². The minimum Gasteiger partial charge on any atom is -0.495 e. The Morgan fingerprint density at radius 3 is 2.90 bits per heavy atom. The third kappa shape index (κ3) is 2.21. The molecule has 0 saturated carbocycles. The predicted molar refractivity (Wildman–Crippen MR) is 75.0 cm³/mol. The van der Waals surface area contributed by atoms with Crippen molar-refractivity contribution in [2.24, 2.45) is 0 Å². The lowest BCUT2D eigenvalue weighted by atomic mass is 10.3. The summed E-state index contributed by atoms with van der Waals surface area (Å²) >= 11 is 0. The summed E-state index contributed by atoms with van der Waals surface area (Å²) in [7, 11) is 1.55. The molecule has 0 aliphatic heterocycles. The number of carbonyl (C=O) groups excluding carboxylic acids is 1. The van der Waals surface area contributed by atoms with E-state index in [9.17, 15) is 4.79 Å². The van der Waals surface area contributed by atoms with Crippen molar-refractivity contribution < 1.29 is 13.9 Å².